The minimum Gasteiger partial charge on any atom is -0.507 e. The van der Waals surface area contributed by atoms with Crippen molar-refractivity contribution in [2.75, 3.05) is 6.54 Å². The quantitative estimate of drug-likeness (QED) is 0.0792. The third-order valence-electron chi connectivity index (χ3n) is 7.66. The predicted molar refractivity (Wildman–Crippen MR) is 162 cm³/mol. The van der Waals surface area contributed by atoms with Crippen molar-refractivity contribution < 1.29 is 30.6 Å². The van der Waals surface area contributed by atoms with E-state index in [0.29, 0.717) is 61.5 Å². The molecule has 4 aromatic carbocycles. The van der Waals surface area contributed by atoms with Crippen molar-refractivity contribution in [1.29, 1.82) is 0 Å². The van der Waals surface area contributed by atoms with Crippen molar-refractivity contribution in [3.05, 3.63) is 46.0 Å². The zero-order valence-electron chi connectivity index (χ0n) is 24.2. The van der Waals surface area contributed by atoms with E-state index >= 15 is 0 Å². The Balaban J connectivity index is 2.16. The third kappa shape index (κ3) is 4.53. The van der Waals surface area contributed by atoms with Gasteiger partial charge in [-0.15, -0.1) is 0 Å². The molecule has 7 nitrogen and oxygen atoms in total. The molecule has 0 aliphatic heterocycles. The fourth-order valence-corrected chi connectivity index (χ4v) is 5.77. The summed E-state index contributed by atoms with van der Waals surface area (Å²) in [5, 5.41) is 68.5. The van der Waals surface area contributed by atoms with E-state index < -0.39 is 0 Å². The Morgan fingerprint density at radius 1 is 0.675 bits per heavy atom. The Morgan fingerprint density at radius 3 is 1.80 bits per heavy atom. The number of benzene rings is 4. The molecule has 0 radical (unpaired) electrons. The van der Waals surface area contributed by atoms with Gasteiger partial charge in [0.1, 0.15) is 11.5 Å². The van der Waals surface area contributed by atoms with Crippen molar-refractivity contribution in [2.45, 2.75) is 73.1 Å². The number of fused-ring (bicyclic) bond motifs is 2. The highest BCUT2D eigenvalue weighted by atomic mass is 16.3. The first-order chi connectivity index (χ1) is 18.8. The number of phenols is 6. The van der Waals surface area contributed by atoms with Gasteiger partial charge in [0.15, 0.2) is 23.0 Å². The van der Waals surface area contributed by atoms with Gasteiger partial charge in [0.2, 0.25) is 0 Å². The van der Waals surface area contributed by atoms with E-state index in [1.165, 1.54) is 12.3 Å². The molecule has 0 saturated carbocycles. The molecule has 0 aliphatic carbocycles. The number of aryl methyl sites for hydroxylation is 2. The smallest absolute Gasteiger partial charge is 0.167 e. The second-order valence-corrected chi connectivity index (χ2v) is 11.2. The van der Waals surface area contributed by atoms with Crippen LogP contribution in [0.1, 0.15) is 87.1 Å². The molecule has 6 N–H and O–H groups in total. The van der Waals surface area contributed by atoms with Crippen LogP contribution in [-0.4, -0.2) is 43.4 Å². The summed E-state index contributed by atoms with van der Waals surface area (Å²) in [5.74, 6) is -1.75. The van der Waals surface area contributed by atoms with Gasteiger partial charge < -0.3 is 30.6 Å². The average molecular weight is 546 g/mol. The van der Waals surface area contributed by atoms with Crippen molar-refractivity contribution in [3.63, 3.8) is 0 Å². The first-order valence-corrected chi connectivity index (χ1v) is 13.8. The first-order valence-electron chi connectivity index (χ1n) is 13.8. The van der Waals surface area contributed by atoms with Crippen LogP contribution in [0, 0.1) is 13.8 Å². The van der Waals surface area contributed by atoms with Crippen LogP contribution in [0.25, 0.3) is 32.7 Å². The summed E-state index contributed by atoms with van der Waals surface area (Å²) in [4.78, 5) is 4.44. The molecule has 0 aromatic heterocycles. The second kappa shape index (κ2) is 10.8. The Labute approximate surface area is 234 Å². The largest absolute Gasteiger partial charge is 0.507 e. The Bertz CT molecular complexity index is 1670. The zero-order chi connectivity index (χ0) is 29.6. The molecule has 0 unspecified atom stereocenters. The first kappa shape index (κ1) is 28.9. The van der Waals surface area contributed by atoms with Crippen molar-refractivity contribution >= 4 is 27.8 Å². The highest BCUT2D eigenvalue weighted by Gasteiger charge is 2.28. The Morgan fingerprint density at radius 2 is 1.23 bits per heavy atom. The normalized spacial score (nSPS) is 12.1. The number of rotatable bonds is 7. The van der Waals surface area contributed by atoms with Crippen molar-refractivity contribution in [3.8, 4) is 45.6 Å². The maximum Gasteiger partial charge on any atom is 0.167 e. The van der Waals surface area contributed by atoms with Crippen LogP contribution in [0.4, 0.5) is 0 Å². The van der Waals surface area contributed by atoms with Crippen LogP contribution in [-0.2, 0) is 0 Å². The molecule has 0 amide bonds. The summed E-state index contributed by atoms with van der Waals surface area (Å²) >= 11 is 0. The molecule has 0 heterocycles. The fraction of sp³-hybridized carbons (Fsp3) is 0.364. The molecule has 0 bridgehead atoms. The molecule has 40 heavy (non-hydrogen) atoms. The lowest BCUT2D eigenvalue weighted by atomic mass is 9.84. The van der Waals surface area contributed by atoms with Crippen LogP contribution in [0.3, 0.4) is 0 Å². The molecule has 4 rings (SSSR count). The van der Waals surface area contributed by atoms with Gasteiger partial charge in [0, 0.05) is 51.3 Å². The number of hydrogen-bond donors (Lipinski definition) is 6. The highest BCUT2D eigenvalue weighted by molar-refractivity contribution is 6.12. The summed E-state index contributed by atoms with van der Waals surface area (Å²) in [6.07, 6.45) is 3.29. The molecule has 0 aliphatic rings. The maximum absolute atomic E-state index is 11.9. The molecule has 0 atom stereocenters. The lowest BCUT2D eigenvalue weighted by Crippen LogP contribution is -2.00. The SMILES string of the molecule is CCCC/N=C/c1c(O)c(O)c(C(C)C)c2cc(C)c(-c3c(C)cc4c(C(C)C)c(O)c(O)cc4c3O)c(O)c12. The van der Waals surface area contributed by atoms with E-state index in [2.05, 4.69) is 11.9 Å². The van der Waals surface area contributed by atoms with E-state index in [4.69, 9.17) is 0 Å². The van der Waals surface area contributed by atoms with E-state index in [0.717, 1.165) is 12.8 Å². The molecule has 0 saturated heterocycles. The second-order valence-electron chi connectivity index (χ2n) is 11.2. The average Bonchev–Trinajstić information content (AvgIpc) is 2.87. The number of nitrogens with zero attached hydrogens (tertiary/aromatic N) is 1. The minimum absolute atomic E-state index is 0.130. The molecule has 4 aromatic rings. The van der Waals surface area contributed by atoms with E-state index in [1.54, 1.807) is 0 Å². The minimum atomic E-state index is -0.358. The number of hydrogen-bond acceptors (Lipinski definition) is 7. The summed E-state index contributed by atoms with van der Waals surface area (Å²) in [7, 11) is 0. The summed E-state index contributed by atoms with van der Waals surface area (Å²) in [6.45, 7) is 13.8. The van der Waals surface area contributed by atoms with Crippen LogP contribution in [0.5, 0.6) is 34.5 Å². The molecule has 0 fully saturated rings. The molecular weight excluding hydrogens is 506 g/mol. The Hall–Kier alpha value is -4.13. The van der Waals surface area contributed by atoms with Crippen molar-refractivity contribution in [1.82, 2.24) is 0 Å². The van der Waals surface area contributed by atoms with Gasteiger partial charge in [0.25, 0.3) is 0 Å². The lowest BCUT2D eigenvalue weighted by molar-refractivity contribution is 0.398. The van der Waals surface area contributed by atoms with Gasteiger partial charge in [0.05, 0.1) is 0 Å². The zero-order valence-corrected chi connectivity index (χ0v) is 24.2. The van der Waals surface area contributed by atoms with Crippen LogP contribution >= 0.6 is 0 Å². The predicted octanol–water partition coefficient (Wildman–Crippen LogP) is 7.98. The number of aromatic hydroxyl groups is 6. The highest BCUT2D eigenvalue weighted by Crippen LogP contribution is 2.53. The summed E-state index contributed by atoms with van der Waals surface area (Å²) in [5.41, 5.74) is 3.27. The van der Waals surface area contributed by atoms with Crippen LogP contribution in [0.2, 0.25) is 0 Å². The molecule has 212 valence electrons. The van der Waals surface area contributed by atoms with Gasteiger partial charge in [-0.05, 0) is 60.1 Å². The van der Waals surface area contributed by atoms with E-state index in [-0.39, 0.29) is 51.9 Å². The van der Waals surface area contributed by atoms with Gasteiger partial charge in [-0.3, -0.25) is 4.99 Å². The molecule has 0 spiro atoms. The standard InChI is InChI=1S/C33H39NO6/c1-8-9-10-34-14-22-28-21(25(16(4)5)33(40)30(22)37)12-18(7)27(32(28)39)26-17(6)11-19-20(29(26)36)13-23(35)31(38)24(19)15(2)3/h11-16,35-40H,8-10H2,1-7H3/b34-14+. The maximum atomic E-state index is 11.9. The monoisotopic (exact) mass is 545 g/mol. The van der Waals surface area contributed by atoms with Gasteiger partial charge in [-0.25, -0.2) is 0 Å². The fourth-order valence-electron chi connectivity index (χ4n) is 5.77. The van der Waals surface area contributed by atoms with Crippen molar-refractivity contribution in [2.24, 2.45) is 4.99 Å². The number of phenolic OH excluding ortho intramolecular Hbond substituents is 6. The van der Waals surface area contributed by atoms with Crippen LogP contribution in [0.15, 0.2) is 23.2 Å². The third-order valence-corrected chi connectivity index (χ3v) is 7.66. The van der Waals surface area contributed by atoms with Gasteiger partial charge in [-0.2, -0.15) is 0 Å². The molecule has 7 heteroatoms. The van der Waals surface area contributed by atoms with E-state index in [1.807, 2.05) is 53.7 Å². The van der Waals surface area contributed by atoms with Crippen LogP contribution < -0.4 is 0 Å². The number of unbranched alkanes of at least 4 members (excludes halogenated alkanes) is 1. The van der Waals surface area contributed by atoms with E-state index in [9.17, 15) is 30.6 Å². The van der Waals surface area contributed by atoms with Gasteiger partial charge >= 0.3 is 0 Å². The lowest BCUT2D eigenvalue weighted by Gasteiger charge is -2.22. The van der Waals surface area contributed by atoms with Gasteiger partial charge in [-0.1, -0.05) is 53.2 Å². The number of aliphatic imine (C=N–C) groups is 1. The topological polar surface area (TPSA) is 134 Å². The summed E-state index contributed by atoms with van der Waals surface area (Å²) < 4.78 is 0. The summed E-state index contributed by atoms with van der Waals surface area (Å²) in [6, 6.07) is 5.01. The molecular formula is C33H39NO6. The Kier molecular flexibility index (Phi) is 7.79.